The van der Waals surface area contributed by atoms with Crippen molar-refractivity contribution in [3.8, 4) is 17.2 Å². The number of carbonyl (C=O) groups excluding carboxylic acids is 4. The number of carboxylic acids is 1. The first kappa shape index (κ1) is 33.8. The molecule has 3 aromatic rings. The molecule has 7 rings (SSSR count). The van der Waals surface area contributed by atoms with Crippen LogP contribution in [-0.2, 0) is 29.4 Å². The molecular weight excluding hydrogens is 654 g/mol. The summed E-state index contributed by atoms with van der Waals surface area (Å²) in [4.78, 5) is 70.4. The Labute approximate surface area is 294 Å². The zero-order chi connectivity index (χ0) is 36.2. The molecule has 0 unspecified atom stereocenters. The monoisotopic (exact) mass is 693 g/mol. The highest BCUT2D eigenvalue weighted by atomic mass is 16.5. The molecule has 2 saturated heterocycles. The maximum atomic E-state index is 15.3. The van der Waals surface area contributed by atoms with Crippen LogP contribution < -0.4 is 14.9 Å². The van der Waals surface area contributed by atoms with E-state index in [4.69, 9.17) is 9.47 Å². The number of carbonyl (C=O) groups is 5. The van der Waals surface area contributed by atoms with Crippen molar-refractivity contribution < 1.29 is 43.7 Å². The predicted molar refractivity (Wildman–Crippen MR) is 184 cm³/mol. The number of carboxylic acid groups (broad SMARTS) is 1. The number of ether oxygens (including phenoxy) is 2. The number of allylic oxidation sites excluding steroid dienone is 2. The number of aromatic hydroxyl groups is 1. The van der Waals surface area contributed by atoms with Crippen molar-refractivity contribution in [2.24, 2.45) is 23.7 Å². The molecule has 3 aromatic carbocycles. The molecule has 12 heteroatoms. The van der Waals surface area contributed by atoms with Gasteiger partial charge in [-0.2, -0.15) is 5.01 Å². The summed E-state index contributed by atoms with van der Waals surface area (Å²) in [6.45, 7) is 1.90. The van der Waals surface area contributed by atoms with E-state index in [-0.39, 0.29) is 55.2 Å². The summed E-state index contributed by atoms with van der Waals surface area (Å²) in [5.41, 5.74) is 4.44. The maximum absolute atomic E-state index is 15.3. The fraction of sp³-hybridized carbons (Fsp3) is 0.359. The Hall–Kier alpha value is -5.65. The Bertz CT molecular complexity index is 1960. The molecule has 4 amide bonds. The second kappa shape index (κ2) is 12.9. The molecule has 1 saturated carbocycles. The number of nitrogens with one attached hydrogen (secondary N) is 1. The van der Waals surface area contributed by atoms with Crippen molar-refractivity contribution in [1.29, 1.82) is 0 Å². The highest BCUT2D eigenvalue weighted by molar-refractivity contribution is 6.13. The van der Waals surface area contributed by atoms with Gasteiger partial charge in [-0.1, -0.05) is 59.7 Å². The van der Waals surface area contributed by atoms with Gasteiger partial charge in [-0.05, 0) is 49.8 Å². The molecule has 3 N–H and O–H groups in total. The third kappa shape index (κ3) is 5.23. The van der Waals surface area contributed by atoms with Crippen molar-refractivity contribution in [1.82, 2.24) is 9.91 Å². The molecule has 0 bridgehead atoms. The topological polar surface area (TPSA) is 163 Å². The number of nitrogens with zero attached hydrogens (tertiary/aromatic N) is 2. The molecule has 4 aliphatic rings. The van der Waals surface area contributed by atoms with Crippen molar-refractivity contribution in [2.45, 2.75) is 43.9 Å². The Morgan fingerprint density at radius 2 is 1.67 bits per heavy atom. The molecule has 0 aromatic heterocycles. The van der Waals surface area contributed by atoms with Crippen molar-refractivity contribution in [3.63, 3.8) is 0 Å². The lowest BCUT2D eigenvalue weighted by Gasteiger charge is -2.50. The Balaban J connectivity index is 1.44. The van der Waals surface area contributed by atoms with Crippen LogP contribution in [0.5, 0.6) is 17.2 Å². The maximum Gasteiger partial charge on any atom is 0.303 e. The molecule has 0 spiro atoms. The number of hydrogen-bond acceptors (Lipinski definition) is 9. The van der Waals surface area contributed by atoms with Gasteiger partial charge in [0.15, 0.2) is 0 Å². The molecule has 12 nitrogen and oxygen atoms in total. The van der Waals surface area contributed by atoms with Crippen LogP contribution in [0.15, 0.2) is 78.4 Å². The van der Waals surface area contributed by atoms with Crippen LogP contribution in [0.3, 0.4) is 0 Å². The molecule has 3 fully saturated rings. The number of methoxy groups -OCH3 is 2. The largest absolute Gasteiger partial charge is 0.507 e. The average molecular weight is 694 g/mol. The standard InChI is InChI=1S/C39H39N3O9/c1-21-11-13-23(14-12-21)40-42-36(47)28-20-27-25(15-16-26-32(27)37(48)41(35(26)46)17-7-10-31(44)45)34(33-29(43)18-24(50-2)19-30(33)51-3)39(28,38(42)49)22-8-5-4-6-9-22/h4-6,8-9,11-15,18-19,26-28,32,34,40,43H,7,10,16-17,20H2,1-3H3,(H,44,45)/t26-,27+,28-,32-,34+,39+/m0/s1. The Morgan fingerprint density at radius 3 is 2.33 bits per heavy atom. The Kier molecular flexibility index (Phi) is 8.56. The summed E-state index contributed by atoms with van der Waals surface area (Å²) in [5, 5.41) is 22.1. The summed E-state index contributed by atoms with van der Waals surface area (Å²) in [6.07, 6.45) is 2.08. The quantitative estimate of drug-likeness (QED) is 0.203. The second-order valence-electron chi connectivity index (χ2n) is 13.7. The summed E-state index contributed by atoms with van der Waals surface area (Å²) in [6, 6.07) is 19.3. The number of aryl methyl sites for hydroxylation is 1. The smallest absolute Gasteiger partial charge is 0.303 e. The van der Waals surface area contributed by atoms with Crippen LogP contribution in [0.1, 0.15) is 48.3 Å². The molecule has 51 heavy (non-hydrogen) atoms. The van der Waals surface area contributed by atoms with E-state index < -0.39 is 58.7 Å². The number of fused-ring (bicyclic) bond motifs is 4. The van der Waals surface area contributed by atoms with Gasteiger partial charge in [0.2, 0.25) is 11.8 Å². The van der Waals surface area contributed by atoms with E-state index in [0.29, 0.717) is 22.6 Å². The highest BCUT2D eigenvalue weighted by Crippen LogP contribution is 2.66. The molecule has 0 radical (unpaired) electrons. The zero-order valence-corrected chi connectivity index (χ0v) is 28.5. The molecule has 2 heterocycles. The highest BCUT2D eigenvalue weighted by Gasteiger charge is 2.71. The van der Waals surface area contributed by atoms with Crippen molar-refractivity contribution in [3.05, 3.63) is 95.1 Å². The lowest BCUT2D eigenvalue weighted by atomic mass is 9.49. The van der Waals surface area contributed by atoms with Crippen LogP contribution in [-0.4, -0.2) is 70.5 Å². The van der Waals surface area contributed by atoms with Crippen LogP contribution in [0, 0.1) is 30.6 Å². The summed E-state index contributed by atoms with van der Waals surface area (Å²) < 4.78 is 11.3. The van der Waals surface area contributed by atoms with E-state index in [1.54, 1.807) is 42.5 Å². The number of phenolic OH excluding ortho intramolecular Hbond substituents is 1. The van der Waals surface area contributed by atoms with Crippen LogP contribution in [0.2, 0.25) is 0 Å². The third-order valence-electron chi connectivity index (χ3n) is 11.1. The summed E-state index contributed by atoms with van der Waals surface area (Å²) in [7, 11) is 2.89. The van der Waals surface area contributed by atoms with E-state index in [2.05, 4.69) is 5.43 Å². The lowest BCUT2D eigenvalue weighted by Crippen LogP contribution is -2.53. The number of benzene rings is 3. The first-order valence-electron chi connectivity index (χ1n) is 17.0. The van der Waals surface area contributed by atoms with E-state index in [1.165, 1.54) is 20.3 Å². The third-order valence-corrected chi connectivity index (χ3v) is 11.1. The Morgan fingerprint density at radius 1 is 0.941 bits per heavy atom. The molecule has 2 aliphatic carbocycles. The van der Waals surface area contributed by atoms with Crippen molar-refractivity contribution in [2.75, 3.05) is 26.2 Å². The SMILES string of the molecule is COc1cc(O)c([C@H]2C3=CC[C@@H]4C(=O)N(CCCC(=O)O)C(=O)[C@@H]4[C@@H]3C[C@H]3C(=O)N(Nc4ccc(C)cc4)C(=O)[C@@]23c2ccccc2)c(OC)c1. The number of hydrazine groups is 1. The minimum atomic E-state index is -1.60. The van der Waals surface area contributed by atoms with Crippen LogP contribution in [0.4, 0.5) is 5.69 Å². The van der Waals surface area contributed by atoms with Gasteiger partial charge in [0.05, 0.1) is 43.1 Å². The fourth-order valence-corrected chi connectivity index (χ4v) is 8.90. The van der Waals surface area contributed by atoms with E-state index in [0.717, 1.165) is 15.5 Å². The van der Waals surface area contributed by atoms with Gasteiger partial charge in [-0.15, -0.1) is 0 Å². The molecular formula is C39H39N3O9. The van der Waals surface area contributed by atoms with Crippen LogP contribution in [0.25, 0.3) is 0 Å². The average Bonchev–Trinajstić information content (AvgIpc) is 3.49. The lowest BCUT2D eigenvalue weighted by molar-refractivity contribution is -0.142. The zero-order valence-electron chi connectivity index (χ0n) is 28.5. The number of rotatable bonds is 10. The van der Waals surface area contributed by atoms with E-state index >= 15 is 4.79 Å². The van der Waals surface area contributed by atoms with E-state index in [1.807, 2.05) is 31.2 Å². The van der Waals surface area contributed by atoms with Gasteiger partial charge in [0, 0.05) is 36.6 Å². The van der Waals surface area contributed by atoms with Gasteiger partial charge >= 0.3 is 5.97 Å². The number of anilines is 1. The van der Waals surface area contributed by atoms with Crippen LogP contribution >= 0.6 is 0 Å². The minimum Gasteiger partial charge on any atom is -0.507 e. The molecule has 2 aliphatic heterocycles. The number of phenols is 1. The van der Waals surface area contributed by atoms with Gasteiger partial charge < -0.3 is 19.7 Å². The first-order valence-corrected chi connectivity index (χ1v) is 17.0. The second-order valence-corrected chi connectivity index (χ2v) is 13.7. The summed E-state index contributed by atoms with van der Waals surface area (Å²) in [5.74, 6) is -6.76. The number of aliphatic carboxylic acids is 1. The first-order chi connectivity index (χ1) is 24.5. The van der Waals surface area contributed by atoms with E-state index in [9.17, 15) is 29.4 Å². The predicted octanol–water partition coefficient (Wildman–Crippen LogP) is 4.57. The number of likely N-dealkylation sites (tertiary alicyclic amines) is 1. The van der Waals surface area contributed by atoms with Gasteiger partial charge in [-0.25, -0.2) is 0 Å². The molecule has 264 valence electrons. The molecule has 6 atom stereocenters. The number of imide groups is 2. The van der Waals surface area contributed by atoms with Gasteiger partial charge in [-0.3, -0.25) is 34.3 Å². The number of hydrogen-bond donors (Lipinski definition) is 3. The fourth-order valence-electron chi connectivity index (χ4n) is 8.90. The van der Waals surface area contributed by atoms with Crippen molar-refractivity contribution >= 4 is 35.3 Å². The normalized spacial score (nSPS) is 26.7. The summed E-state index contributed by atoms with van der Waals surface area (Å²) >= 11 is 0. The van der Waals surface area contributed by atoms with Gasteiger partial charge in [0.25, 0.3) is 11.8 Å². The van der Waals surface area contributed by atoms with Gasteiger partial charge in [0.1, 0.15) is 17.2 Å². The minimum absolute atomic E-state index is 0.0292. The number of amides is 4.